The molecule has 0 aliphatic rings. The molecule has 0 saturated heterocycles. The van der Waals surface area contributed by atoms with Crippen molar-refractivity contribution in [2.45, 2.75) is 6.54 Å². The molecule has 0 aromatic heterocycles. The van der Waals surface area contributed by atoms with Crippen LogP contribution in [0.25, 0.3) is 0 Å². The van der Waals surface area contributed by atoms with Crippen molar-refractivity contribution in [3.8, 4) is 17.6 Å². The maximum atomic E-state index is 13.4. The van der Waals surface area contributed by atoms with Gasteiger partial charge >= 0.3 is 0 Å². The Morgan fingerprint density at radius 2 is 1.89 bits per heavy atom. The molecule has 2 aromatic carbocycles. The van der Waals surface area contributed by atoms with Crippen molar-refractivity contribution in [3.63, 3.8) is 0 Å². The summed E-state index contributed by atoms with van der Waals surface area (Å²) < 4.78 is 13.4. The zero-order valence-corrected chi connectivity index (χ0v) is 9.89. The van der Waals surface area contributed by atoms with Crippen molar-refractivity contribution in [1.82, 2.24) is 0 Å². The van der Waals surface area contributed by atoms with Gasteiger partial charge in [-0.25, -0.2) is 4.39 Å². The second-order valence-electron chi connectivity index (χ2n) is 3.91. The number of halogens is 1. The van der Waals surface area contributed by atoms with Gasteiger partial charge in [-0.15, -0.1) is 0 Å². The minimum Gasteiger partial charge on any atom is -0.504 e. The maximum Gasteiger partial charge on any atom is 0.162 e. The highest BCUT2D eigenvalue weighted by Crippen LogP contribution is 2.29. The number of benzene rings is 2. The summed E-state index contributed by atoms with van der Waals surface area (Å²) in [5.74, 6) is -1.06. The molecule has 0 unspecified atom stereocenters. The van der Waals surface area contributed by atoms with E-state index in [1.165, 1.54) is 18.2 Å². The molecule has 0 atom stereocenters. The Labute approximate surface area is 109 Å². The summed E-state index contributed by atoms with van der Waals surface area (Å²) in [4.78, 5) is 0. The van der Waals surface area contributed by atoms with E-state index in [0.717, 1.165) is 0 Å². The third-order valence-electron chi connectivity index (χ3n) is 2.69. The first-order valence-electron chi connectivity index (χ1n) is 5.55. The maximum absolute atomic E-state index is 13.4. The number of phenolic OH excluding ortho intramolecular Hbond substituents is 2. The van der Waals surface area contributed by atoms with E-state index >= 15 is 0 Å². The molecule has 0 fully saturated rings. The average Bonchev–Trinajstić information content (AvgIpc) is 2.40. The lowest BCUT2D eigenvalue weighted by molar-refractivity contribution is 0.400. The van der Waals surface area contributed by atoms with Crippen LogP contribution in [-0.2, 0) is 6.54 Å². The summed E-state index contributed by atoms with van der Waals surface area (Å²) in [5.41, 5.74) is 0.709. The minimum absolute atomic E-state index is 0.0813. The Hall–Kier alpha value is -2.74. The molecule has 0 heterocycles. The van der Waals surface area contributed by atoms with Crippen LogP contribution in [0.2, 0.25) is 0 Å². The van der Waals surface area contributed by atoms with Gasteiger partial charge in [0, 0.05) is 12.1 Å². The van der Waals surface area contributed by atoms with E-state index in [1.807, 2.05) is 0 Å². The highest BCUT2D eigenvalue weighted by molar-refractivity contribution is 5.58. The quantitative estimate of drug-likeness (QED) is 0.740. The smallest absolute Gasteiger partial charge is 0.162 e. The highest BCUT2D eigenvalue weighted by atomic mass is 19.1. The first-order chi connectivity index (χ1) is 9.13. The van der Waals surface area contributed by atoms with E-state index in [0.29, 0.717) is 11.3 Å². The Balaban J connectivity index is 2.22. The van der Waals surface area contributed by atoms with Crippen molar-refractivity contribution in [2.24, 2.45) is 0 Å². The van der Waals surface area contributed by atoms with Crippen LogP contribution in [0.3, 0.4) is 0 Å². The van der Waals surface area contributed by atoms with Gasteiger partial charge in [-0.05, 0) is 18.2 Å². The van der Waals surface area contributed by atoms with Crippen LogP contribution in [0.5, 0.6) is 11.5 Å². The summed E-state index contributed by atoms with van der Waals surface area (Å²) in [6.07, 6.45) is 0. The number of nitrogens with one attached hydrogen (secondary N) is 1. The molecule has 0 radical (unpaired) electrons. The predicted molar refractivity (Wildman–Crippen MR) is 68.2 cm³/mol. The summed E-state index contributed by atoms with van der Waals surface area (Å²) in [6, 6.07) is 10.6. The summed E-state index contributed by atoms with van der Waals surface area (Å²) in [6.45, 7) is 0.165. The number of para-hydroxylation sites is 1. The number of rotatable bonds is 3. The second kappa shape index (κ2) is 5.27. The number of phenols is 2. The molecular weight excluding hydrogens is 247 g/mol. The van der Waals surface area contributed by atoms with Crippen molar-refractivity contribution in [3.05, 3.63) is 53.3 Å². The van der Waals surface area contributed by atoms with E-state index < -0.39 is 5.82 Å². The predicted octanol–water partition coefficient (Wildman–Crippen LogP) is 2.72. The molecule has 19 heavy (non-hydrogen) atoms. The van der Waals surface area contributed by atoms with Crippen LogP contribution in [-0.4, -0.2) is 10.2 Å². The normalized spacial score (nSPS) is 9.89. The van der Waals surface area contributed by atoms with E-state index in [1.54, 1.807) is 24.3 Å². The third kappa shape index (κ3) is 2.58. The van der Waals surface area contributed by atoms with Crippen LogP contribution in [0.15, 0.2) is 36.4 Å². The van der Waals surface area contributed by atoms with Gasteiger partial charge < -0.3 is 15.5 Å². The topological polar surface area (TPSA) is 76.3 Å². The number of hydrogen-bond acceptors (Lipinski definition) is 4. The molecular formula is C14H11FN2O2. The molecule has 3 N–H and O–H groups in total. The zero-order chi connectivity index (χ0) is 13.8. The summed E-state index contributed by atoms with van der Waals surface area (Å²) in [5, 5.41) is 30.7. The second-order valence-corrected chi connectivity index (χ2v) is 3.91. The lowest BCUT2D eigenvalue weighted by Gasteiger charge is -2.10. The van der Waals surface area contributed by atoms with Gasteiger partial charge in [0.15, 0.2) is 11.5 Å². The molecule has 5 heteroatoms. The summed E-state index contributed by atoms with van der Waals surface area (Å²) >= 11 is 0. The number of nitriles is 1. The van der Waals surface area contributed by atoms with E-state index in [4.69, 9.17) is 5.26 Å². The Kier molecular flexibility index (Phi) is 3.53. The van der Waals surface area contributed by atoms with Crippen molar-refractivity contribution >= 4 is 5.69 Å². The van der Waals surface area contributed by atoms with E-state index in [9.17, 15) is 14.6 Å². The Bertz CT molecular complexity index is 650. The standard InChI is InChI=1S/C14H11FN2O2/c15-11-4-2-5-12(10(11)7-16)17-8-9-3-1-6-13(18)14(9)19/h1-6,17-19H,8H2. The van der Waals surface area contributed by atoms with Gasteiger partial charge in [0.05, 0.1) is 5.69 Å². The zero-order valence-electron chi connectivity index (χ0n) is 9.89. The van der Waals surface area contributed by atoms with Gasteiger partial charge in [-0.1, -0.05) is 18.2 Å². The molecule has 0 aliphatic heterocycles. The molecule has 0 amide bonds. The fraction of sp³-hybridized carbons (Fsp3) is 0.0714. The first kappa shape index (κ1) is 12.7. The Morgan fingerprint density at radius 1 is 1.16 bits per heavy atom. The number of aromatic hydroxyl groups is 2. The van der Waals surface area contributed by atoms with Crippen LogP contribution in [0, 0.1) is 17.1 Å². The van der Waals surface area contributed by atoms with Crippen LogP contribution in [0.4, 0.5) is 10.1 Å². The SMILES string of the molecule is N#Cc1c(F)cccc1NCc1cccc(O)c1O. The highest BCUT2D eigenvalue weighted by Gasteiger charge is 2.09. The van der Waals surface area contributed by atoms with Gasteiger partial charge in [0.2, 0.25) is 0 Å². The van der Waals surface area contributed by atoms with Crippen LogP contribution in [0.1, 0.15) is 11.1 Å². The third-order valence-corrected chi connectivity index (χ3v) is 2.69. The van der Waals surface area contributed by atoms with Crippen molar-refractivity contribution < 1.29 is 14.6 Å². The Morgan fingerprint density at radius 3 is 2.63 bits per heavy atom. The van der Waals surface area contributed by atoms with Crippen LogP contribution >= 0.6 is 0 Å². The molecule has 0 bridgehead atoms. The van der Waals surface area contributed by atoms with Gasteiger partial charge in [0.25, 0.3) is 0 Å². The van der Waals surface area contributed by atoms with Crippen molar-refractivity contribution in [1.29, 1.82) is 5.26 Å². The van der Waals surface area contributed by atoms with Gasteiger partial charge in [-0.3, -0.25) is 0 Å². The monoisotopic (exact) mass is 258 g/mol. The van der Waals surface area contributed by atoms with Gasteiger partial charge in [0.1, 0.15) is 17.4 Å². The van der Waals surface area contributed by atoms with Crippen LogP contribution < -0.4 is 5.32 Å². The molecule has 4 nitrogen and oxygen atoms in total. The van der Waals surface area contributed by atoms with Gasteiger partial charge in [-0.2, -0.15) is 5.26 Å². The van der Waals surface area contributed by atoms with E-state index in [2.05, 4.69) is 5.32 Å². The average molecular weight is 258 g/mol. The molecule has 2 aromatic rings. The lowest BCUT2D eigenvalue weighted by atomic mass is 10.1. The summed E-state index contributed by atoms with van der Waals surface area (Å²) in [7, 11) is 0. The van der Waals surface area contributed by atoms with Crippen molar-refractivity contribution in [2.75, 3.05) is 5.32 Å². The molecule has 0 aliphatic carbocycles. The van der Waals surface area contributed by atoms with E-state index in [-0.39, 0.29) is 23.6 Å². The lowest BCUT2D eigenvalue weighted by Crippen LogP contribution is -2.02. The minimum atomic E-state index is -0.604. The molecule has 2 rings (SSSR count). The number of nitrogens with zero attached hydrogens (tertiary/aromatic N) is 1. The first-order valence-corrected chi connectivity index (χ1v) is 5.55. The largest absolute Gasteiger partial charge is 0.504 e. The number of anilines is 1. The molecule has 0 saturated carbocycles. The molecule has 96 valence electrons. The fourth-order valence-corrected chi connectivity index (χ4v) is 1.70. The molecule has 0 spiro atoms. The number of hydrogen-bond donors (Lipinski definition) is 3. The fourth-order valence-electron chi connectivity index (χ4n) is 1.70.